The minimum atomic E-state index is -4.47. The van der Waals surface area contributed by atoms with E-state index in [2.05, 4.69) is 20.9 Å². The van der Waals surface area contributed by atoms with Crippen molar-refractivity contribution in [2.75, 3.05) is 0 Å². The van der Waals surface area contributed by atoms with Gasteiger partial charge >= 0.3 is 6.18 Å². The summed E-state index contributed by atoms with van der Waals surface area (Å²) in [6.45, 7) is 0. The lowest BCUT2D eigenvalue weighted by molar-refractivity contribution is -0.141. The van der Waals surface area contributed by atoms with Crippen molar-refractivity contribution in [1.29, 1.82) is 0 Å². The van der Waals surface area contributed by atoms with E-state index in [0.29, 0.717) is 10.2 Å². The second-order valence-electron chi connectivity index (χ2n) is 3.52. The monoisotopic (exact) mass is 318 g/mol. The van der Waals surface area contributed by atoms with Crippen LogP contribution in [-0.4, -0.2) is 4.98 Å². The first-order chi connectivity index (χ1) is 8.47. The predicted octanol–water partition coefficient (Wildman–Crippen LogP) is 4.25. The Bertz CT molecular complexity index is 508. The summed E-state index contributed by atoms with van der Waals surface area (Å²) in [4.78, 5) is 3.42. The van der Waals surface area contributed by atoms with Gasteiger partial charge in [-0.1, -0.05) is 28.1 Å². The van der Waals surface area contributed by atoms with E-state index in [1.807, 2.05) is 12.5 Å². The van der Waals surface area contributed by atoms with Gasteiger partial charge in [-0.3, -0.25) is 0 Å². The number of halogens is 4. The number of hydrogen-bond acceptors (Lipinski definition) is 2. The van der Waals surface area contributed by atoms with Gasteiger partial charge in [-0.2, -0.15) is 13.2 Å². The molecule has 1 heterocycles. The molecule has 0 N–H and O–H groups in total. The van der Waals surface area contributed by atoms with Gasteiger partial charge in [-0.25, -0.2) is 4.98 Å². The van der Waals surface area contributed by atoms with Crippen LogP contribution in [0.1, 0.15) is 12.1 Å². The molecule has 0 atom stereocenters. The fourth-order valence-electron chi connectivity index (χ4n) is 1.35. The Balaban J connectivity index is 2.23. The van der Waals surface area contributed by atoms with E-state index in [1.54, 1.807) is 6.08 Å². The van der Waals surface area contributed by atoms with Crippen molar-refractivity contribution in [2.24, 2.45) is 0 Å². The second kappa shape index (κ2) is 5.14. The zero-order chi connectivity index (χ0) is 13.2. The number of aromatic nitrogens is 1. The summed E-state index contributed by atoms with van der Waals surface area (Å²) in [6.07, 6.45) is 1.66. The largest absolute Gasteiger partial charge is 0.438 e. The molecule has 2 nitrogen and oxygen atoms in total. The molecule has 0 spiro atoms. The molecule has 0 fully saturated rings. The van der Waals surface area contributed by atoms with Gasteiger partial charge < -0.3 is 4.74 Å². The number of hydrogen-bond donors (Lipinski definition) is 0. The minimum Gasteiger partial charge on any atom is -0.438 e. The third-order valence-corrected chi connectivity index (χ3v) is 2.88. The first kappa shape index (κ1) is 13.1. The first-order valence-electron chi connectivity index (χ1n) is 5.08. The zero-order valence-electron chi connectivity index (χ0n) is 9.04. The Labute approximate surface area is 110 Å². The zero-order valence-corrected chi connectivity index (χ0v) is 10.6. The van der Waals surface area contributed by atoms with Crippen molar-refractivity contribution >= 4 is 15.9 Å². The number of nitrogens with zero attached hydrogens (tertiary/aromatic N) is 1. The lowest BCUT2D eigenvalue weighted by Gasteiger charge is -2.12. The van der Waals surface area contributed by atoms with Gasteiger partial charge in [0.25, 0.3) is 0 Å². The molecule has 0 unspecified atom stereocenters. The summed E-state index contributed by atoms with van der Waals surface area (Å²) >= 11 is 3.27. The highest BCUT2D eigenvalue weighted by Gasteiger charge is 2.32. The van der Waals surface area contributed by atoms with Crippen molar-refractivity contribution in [2.45, 2.75) is 12.6 Å². The Morgan fingerprint density at radius 2 is 2.06 bits per heavy atom. The van der Waals surface area contributed by atoms with Gasteiger partial charge in [-0.15, -0.1) is 0 Å². The highest BCUT2D eigenvalue weighted by atomic mass is 79.9. The first-order valence-corrected chi connectivity index (χ1v) is 5.88. The Hall–Kier alpha value is -1.30. The van der Waals surface area contributed by atoms with Crippen LogP contribution in [0.4, 0.5) is 13.2 Å². The molecule has 6 heteroatoms. The maximum Gasteiger partial charge on any atom is 0.433 e. The molecular weight excluding hydrogens is 311 g/mol. The number of allylic oxidation sites excluding steroid dienone is 3. The molecule has 0 saturated carbocycles. The number of alkyl halides is 3. The average Bonchev–Trinajstić information content (AvgIpc) is 2.31. The van der Waals surface area contributed by atoms with Crippen LogP contribution in [0.15, 0.2) is 40.6 Å². The fraction of sp³-hybridized carbons (Fsp3) is 0.167. The highest BCUT2D eigenvalue weighted by Crippen LogP contribution is 2.30. The Morgan fingerprint density at radius 3 is 2.72 bits per heavy atom. The SMILES string of the molecule is FC(F)(F)c1cccc(OC2=C(Br)[CH]CC=C2)n1. The summed E-state index contributed by atoms with van der Waals surface area (Å²) in [5.41, 5.74) is -0.972. The van der Waals surface area contributed by atoms with E-state index in [9.17, 15) is 13.2 Å². The minimum absolute atomic E-state index is 0.0864. The van der Waals surface area contributed by atoms with E-state index < -0.39 is 11.9 Å². The van der Waals surface area contributed by atoms with Crippen LogP contribution in [0.2, 0.25) is 0 Å². The van der Waals surface area contributed by atoms with Crippen molar-refractivity contribution in [3.63, 3.8) is 0 Å². The summed E-state index contributed by atoms with van der Waals surface area (Å²) in [5, 5.41) is 0. The molecule has 0 bridgehead atoms. The Kier molecular flexibility index (Phi) is 3.75. The van der Waals surface area contributed by atoms with E-state index in [0.717, 1.165) is 12.5 Å². The second-order valence-corrected chi connectivity index (χ2v) is 4.37. The molecule has 95 valence electrons. The van der Waals surface area contributed by atoms with Crippen LogP contribution >= 0.6 is 15.9 Å². The van der Waals surface area contributed by atoms with Gasteiger partial charge in [-0.05, 0) is 18.6 Å². The van der Waals surface area contributed by atoms with Crippen LogP contribution < -0.4 is 4.74 Å². The van der Waals surface area contributed by atoms with Crippen LogP contribution in [0.5, 0.6) is 5.88 Å². The van der Waals surface area contributed by atoms with Crippen molar-refractivity contribution in [1.82, 2.24) is 4.98 Å². The number of pyridine rings is 1. The van der Waals surface area contributed by atoms with Crippen molar-refractivity contribution in [3.05, 3.63) is 52.7 Å². The molecule has 1 aromatic rings. The van der Waals surface area contributed by atoms with Crippen molar-refractivity contribution in [3.8, 4) is 5.88 Å². The number of ether oxygens (including phenoxy) is 1. The summed E-state index contributed by atoms with van der Waals surface area (Å²) in [5.74, 6) is 0.352. The molecule has 1 aliphatic carbocycles. The molecule has 0 aromatic carbocycles. The van der Waals surface area contributed by atoms with Crippen molar-refractivity contribution < 1.29 is 17.9 Å². The average molecular weight is 319 g/mol. The molecular formula is C12H8BrF3NO. The van der Waals surface area contributed by atoms with Crippen LogP contribution in [-0.2, 0) is 6.18 Å². The quantitative estimate of drug-likeness (QED) is 0.813. The lowest BCUT2D eigenvalue weighted by Crippen LogP contribution is -2.09. The third-order valence-electron chi connectivity index (χ3n) is 2.17. The summed E-state index contributed by atoms with van der Waals surface area (Å²) in [7, 11) is 0. The van der Waals surface area contributed by atoms with E-state index >= 15 is 0 Å². The summed E-state index contributed by atoms with van der Waals surface area (Å²) in [6, 6.07) is 3.54. The van der Waals surface area contributed by atoms with Gasteiger partial charge in [0, 0.05) is 17.0 Å². The highest BCUT2D eigenvalue weighted by molar-refractivity contribution is 9.11. The topological polar surface area (TPSA) is 22.1 Å². The smallest absolute Gasteiger partial charge is 0.433 e. The third kappa shape index (κ3) is 3.13. The fourth-order valence-corrected chi connectivity index (χ4v) is 1.75. The normalized spacial score (nSPS) is 16.0. The molecule has 0 amide bonds. The Morgan fingerprint density at radius 1 is 1.28 bits per heavy atom. The predicted molar refractivity (Wildman–Crippen MR) is 63.9 cm³/mol. The molecule has 0 saturated heterocycles. The maximum atomic E-state index is 12.5. The molecule has 1 radical (unpaired) electrons. The molecule has 0 aliphatic heterocycles. The lowest BCUT2D eigenvalue weighted by atomic mass is 10.2. The van der Waals surface area contributed by atoms with E-state index in [1.165, 1.54) is 12.1 Å². The van der Waals surface area contributed by atoms with Gasteiger partial charge in [0.05, 0.1) is 0 Å². The molecule has 1 aliphatic rings. The van der Waals surface area contributed by atoms with Gasteiger partial charge in [0.15, 0.2) is 0 Å². The number of rotatable bonds is 2. The van der Waals surface area contributed by atoms with E-state index in [-0.39, 0.29) is 5.88 Å². The maximum absolute atomic E-state index is 12.5. The van der Waals surface area contributed by atoms with Crippen LogP contribution in [0.25, 0.3) is 0 Å². The molecule has 1 aromatic heterocycles. The van der Waals surface area contributed by atoms with Crippen LogP contribution in [0.3, 0.4) is 0 Å². The van der Waals surface area contributed by atoms with E-state index in [4.69, 9.17) is 4.74 Å². The standard InChI is InChI=1S/C12H8BrF3NO/c13-8-4-1-2-5-9(8)18-11-7-3-6-10(17-11)12(14,15)16/h2-7H,1H2. The van der Waals surface area contributed by atoms with Crippen LogP contribution in [0, 0.1) is 6.42 Å². The summed E-state index contributed by atoms with van der Waals surface area (Å²) < 4.78 is 43.4. The van der Waals surface area contributed by atoms with Gasteiger partial charge in [0.2, 0.25) is 5.88 Å². The molecule has 18 heavy (non-hydrogen) atoms. The van der Waals surface area contributed by atoms with Gasteiger partial charge in [0.1, 0.15) is 11.5 Å². The molecule has 2 rings (SSSR count).